The average molecular weight is 248 g/mol. The van der Waals surface area contributed by atoms with Gasteiger partial charge < -0.3 is 4.74 Å². The molecule has 1 atom stereocenters. The van der Waals surface area contributed by atoms with Gasteiger partial charge in [-0.05, 0) is 24.8 Å². The molecule has 0 radical (unpaired) electrons. The fourth-order valence-corrected chi connectivity index (χ4v) is 2.11. The van der Waals surface area contributed by atoms with Crippen LogP contribution in [0.5, 0.6) is 0 Å². The van der Waals surface area contributed by atoms with Crippen molar-refractivity contribution in [3.8, 4) is 0 Å². The first-order valence-electron chi connectivity index (χ1n) is 6.54. The number of Topliss-reactive ketones (excluding diaryl/α,β-unsaturated/α-hetero) is 1. The van der Waals surface area contributed by atoms with Crippen LogP contribution in [0.15, 0.2) is 24.3 Å². The van der Waals surface area contributed by atoms with Crippen molar-refractivity contribution < 1.29 is 9.53 Å². The summed E-state index contributed by atoms with van der Waals surface area (Å²) in [6, 6.07) is 8.09. The van der Waals surface area contributed by atoms with Crippen LogP contribution in [0.3, 0.4) is 0 Å². The summed E-state index contributed by atoms with van der Waals surface area (Å²) in [5, 5.41) is 0. The number of hydrogen-bond acceptors (Lipinski definition) is 2. The van der Waals surface area contributed by atoms with Gasteiger partial charge in [0, 0.05) is 13.0 Å². The summed E-state index contributed by atoms with van der Waals surface area (Å²) in [5.41, 5.74) is 2.09. The molecule has 100 valence electrons. The van der Waals surface area contributed by atoms with E-state index in [0.29, 0.717) is 13.0 Å². The van der Waals surface area contributed by atoms with Gasteiger partial charge in [0.1, 0.15) is 6.10 Å². The minimum absolute atomic E-state index is 0.156. The normalized spacial score (nSPS) is 13.4. The van der Waals surface area contributed by atoms with Crippen molar-refractivity contribution in [3.63, 3.8) is 0 Å². The zero-order valence-corrected chi connectivity index (χ0v) is 12.1. The predicted molar refractivity (Wildman–Crippen MR) is 74.8 cm³/mol. The highest BCUT2D eigenvalue weighted by molar-refractivity contribution is 5.86. The van der Waals surface area contributed by atoms with Crippen molar-refractivity contribution in [2.75, 3.05) is 6.61 Å². The Hall–Kier alpha value is -1.15. The van der Waals surface area contributed by atoms with Crippen LogP contribution >= 0.6 is 0 Å². The molecule has 0 aliphatic heterocycles. The molecule has 0 bridgehead atoms. The number of benzene rings is 1. The smallest absolute Gasteiger partial charge is 0.166 e. The Kier molecular flexibility index (Phi) is 5.09. The average Bonchev–Trinajstić information content (AvgIpc) is 2.24. The van der Waals surface area contributed by atoms with E-state index in [0.717, 1.165) is 5.56 Å². The molecule has 18 heavy (non-hydrogen) atoms. The highest BCUT2D eigenvalue weighted by atomic mass is 16.5. The number of ketones is 1. The first-order valence-corrected chi connectivity index (χ1v) is 6.54. The van der Waals surface area contributed by atoms with E-state index in [2.05, 4.69) is 6.07 Å². The van der Waals surface area contributed by atoms with Crippen LogP contribution in [0.25, 0.3) is 0 Å². The molecule has 0 saturated carbocycles. The van der Waals surface area contributed by atoms with Gasteiger partial charge in [0.15, 0.2) is 5.78 Å². The summed E-state index contributed by atoms with van der Waals surface area (Å²) < 4.78 is 5.62. The molecule has 0 aliphatic carbocycles. The first-order chi connectivity index (χ1) is 8.34. The summed E-state index contributed by atoms with van der Waals surface area (Å²) in [6.45, 7) is 10.7. The van der Waals surface area contributed by atoms with Crippen molar-refractivity contribution in [2.45, 2.75) is 47.1 Å². The first kappa shape index (κ1) is 14.9. The van der Waals surface area contributed by atoms with Gasteiger partial charge in [0.05, 0.1) is 0 Å². The van der Waals surface area contributed by atoms with E-state index >= 15 is 0 Å². The minimum Gasteiger partial charge on any atom is -0.370 e. The van der Waals surface area contributed by atoms with Gasteiger partial charge in [-0.1, -0.05) is 50.6 Å². The Morgan fingerprint density at radius 1 is 1.33 bits per heavy atom. The lowest BCUT2D eigenvalue weighted by Crippen LogP contribution is -2.38. The zero-order valence-electron chi connectivity index (χ0n) is 12.1. The molecule has 1 aromatic carbocycles. The number of carbonyl (C=O) groups excluding carboxylic acids is 1. The van der Waals surface area contributed by atoms with E-state index < -0.39 is 0 Å². The van der Waals surface area contributed by atoms with E-state index in [1.807, 2.05) is 52.8 Å². The van der Waals surface area contributed by atoms with Crippen LogP contribution in [0.4, 0.5) is 0 Å². The second-order valence-electron chi connectivity index (χ2n) is 5.83. The van der Waals surface area contributed by atoms with Crippen LogP contribution in [-0.2, 0) is 16.0 Å². The third kappa shape index (κ3) is 4.26. The van der Waals surface area contributed by atoms with E-state index in [1.165, 1.54) is 5.56 Å². The summed E-state index contributed by atoms with van der Waals surface area (Å²) in [7, 11) is 0. The van der Waals surface area contributed by atoms with Crippen molar-refractivity contribution in [1.29, 1.82) is 0 Å². The van der Waals surface area contributed by atoms with Crippen molar-refractivity contribution in [3.05, 3.63) is 35.4 Å². The Morgan fingerprint density at radius 3 is 2.50 bits per heavy atom. The molecule has 0 amide bonds. The molecule has 2 nitrogen and oxygen atoms in total. The summed E-state index contributed by atoms with van der Waals surface area (Å²) in [4.78, 5) is 12.3. The lowest BCUT2D eigenvalue weighted by atomic mass is 9.84. The Morgan fingerprint density at radius 2 is 2.00 bits per heavy atom. The van der Waals surface area contributed by atoms with E-state index in [-0.39, 0.29) is 17.3 Å². The maximum Gasteiger partial charge on any atom is 0.166 e. The molecule has 0 aromatic heterocycles. The highest BCUT2D eigenvalue weighted by Crippen LogP contribution is 2.24. The van der Waals surface area contributed by atoms with Gasteiger partial charge in [-0.2, -0.15) is 0 Å². The molecular weight excluding hydrogens is 224 g/mol. The molecule has 0 spiro atoms. The molecule has 1 unspecified atom stereocenters. The lowest BCUT2D eigenvalue weighted by Gasteiger charge is -2.29. The van der Waals surface area contributed by atoms with Gasteiger partial charge in [-0.3, -0.25) is 4.79 Å². The van der Waals surface area contributed by atoms with Crippen molar-refractivity contribution in [2.24, 2.45) is 5.41 Å². The lowest BCUT2D eigenvalue weighted by molar-refractivity contribution is -0.136. The summed E-state index contributed by atoms with van der Waals surface area (Å²) in [6.07, 6.45) is 0.117. The number of aryl methyl sites for hydroxylation is 1. The van der Waals surface area contributed by atoms with E-state index in [4.69, 9.17) is 4.74 Å². The standard InChI is InChI=1S/C16H24O2/c1-6-18-15(16(3,4)5)14(17)11-13-9-7-8-12(2)10-13/h7-10,15H,6,11H2,1-5H3. The van der Waals surface area contributed by atoms with Crippen LogP contribution in [-0.4, -0.2) is 18.5 Å². The minimum atomic E-state index is -0.331. The molecule has 0 heterocycles. The highest BCUT2D eigenvalue weighted by Gasteiger charge is 2.31. The second kappa shape index (κ2) is 6.14. The molecule has 0 saturated heterocycles. The van der Waals surface area contributed by atoms with Gasteiger partial charge in [0.2, 0.25) is 0 Å². The van der Waals surface area contributed by atoms with Gasteiger partial charge in [-0.15, -0.1) is 0 Å². The Balaban J connectivity index is 2.79. The Labute approximate surface area is 110 Å². The molecule has 0 fully saturated rings. The van der Waals surface area contributed by atoms with Crippen LogP contribution in [0, 0.1) is 12.3 Å². The maximum atomic E-state index is 12.3. The number of carbonyl (C=O) groups is 1. The molecule has 0 aliphatic rings. The maximum absolute atomic E-state index is 12.3. The molecular formula is C16H24O2. The van der Waals surface area contributed by atoms with Gasteiger partial charge in [-0.25, -0.2) is 0 Å². The SMILES string of the molecule is CCOC(C(=O)Cc1cccc(C)c1)C(C)(C)C. The van der Waals surface area contributed by atoms with E-state index in [9.17, 15) is 4.79 Å². The quantitative estimate of drug-likeness (QED) is 0.796. The molecule has 2 heteroatoms. The number of ether oxygens (including phenoxy) is 1. The predicted octanol–water partition coefficient (Wildman–Crippen LogP) is 3.56. The number of rotatable bonds is 5. The number of hydrogen-bond donors (Lipinski definition) is 0. The fourth-order valence-electron chi connectivity index (χ4n) is 2.11. The molecule has 1 rings (SSSR count). The van der Waals surface area contributed by atoms with Crippen molar-refractivity contribution >= 4 is 5.78 Å². The summed E-state index contributed by atoms with van der Waals surface area (Å²) in [5.74, 6) is 0.162. The molecule has 1 aromatic rings. The third-order valence-corrected chi connectivity index (χ3v) is 2.87. The topological polar surface area (TPSA) is 26.3 Å². The largest absolute Gasteiger partial charge is 0.370 e. The second-order valence-corrected chi connectivity index (χ2v) is 5.83. The van der Waals surface area contributed by atoms with Crippen LogP contribution < -0.4 is 0 Å². The van der Waals surface area contributed by atoms with Crippen LogP contribution in [0.1, 0.15) is 38.8 Å². The van der Waals surface area contributed by atoms with Gasteiger partial charge >= 0.3 is 0 Å². The van der Waals surface area contributed by atoms with Crippen LogP contribution in [0.2, 0.25) is 0 Å². The summed E-state index contributed by atoms with van der Waals surface area (Å²) >= 11 is 0. The van der Waals surface area contributed by atoms with Gasteiger partial charge in [0.25, 0.3) is 0 Å². The Bertz CT molecular complexity index is 402. The monoisotopic (exact) mass is 248 g/mol. The van der Waals surface area contributed by atoms with E-state index in [1.54, 1.807) is 0 Å². The fraction of sp³-hybridized carbons (Fsp3) is 0.562. The van der Waals surface area contributed by atoms with Crippen molar-refractivity contribution in [1.82, 2.24) is 0 Å². The molecule has 0 N–H and O–H groups in total. The third-order valence-electron chi connectivity index (χ3n) is 2.87. The zero-order chi connectivity index (χ0) is 13.8.